The fraction of sp³-hybridized carbons (Fsp3) is 0.565. The zero-order valence-electron chi connectivity index (χ0n) is 19.7. The predicted octanol–water partition coefficient (Wildman–Crippen LogP) is -1.32. The second-order valence-electron chi connectivity index (χ2n) is 8.94. The van der Waals surface area contributed by atoms with Crippen LogP contribution in [0.25, 0.3) is 0 Å². The molecule has 11 nitrogen and oxygen atoms in total. The van der Waals surface area contributed by atoms with Gasteiger partial charge in [0.1, 0.15) is 29.5 Å². The van der Waals surface area contributed by atoms with Gasteiger partial charge in [-0.1, -0.05) is 30.3 Å². The number of thioether (sulfide) groups is 1. The first-order valence-corrected chi connectivity index (χ1v) is 12.6. The summed E-state index contributed by atoms with van der Waals surface area (Å²) in [5.41, 5.74) is 12.0. The summed E-state index contributed by atoms with van der Waals surface area (Å²) < 4.78 is 0. The summed E-state index contributed by atoms with van der Waals surface area (Å²) in [6, 6.07) is 4.93. The molecule has 7 N–H and O–H groups in total. The van der Waals surface area contributed by atoms with Crippen LogP contribution in [0.5, 0.6) is 0 Å². The predicted molar refractivity (Wildman–Crippen MR) is 129 cm³/mol. The minimum Gasteiger partial charge on any atom is -0.391 e. The number of primary amides is 1. The van der Waals surface area contributed by atoms with Crippen molar-refractivity contribution in [2.75, 3.05) is 12.3 Å². The molecule has 2 aliphatic heterocycles. The highest BCUT2D eigenvalue weighted by Crippen LogP contribution is 2.42. The number of benzene rings is 1. The summed E-state index contributed by atoms with van der Waals surface area (Å²) in [6.45, 7) is 3.06. The zero-order chi connectivity index (χ0) is 25.9. The fourth-order valence-electron chi connectivity index (χ4n) is 4.39. The number of hydrogen-bond acceptors (Lipinski definition) is 8. The maximum Gasteiger partial charge on any atom is 0.247 e. The summed E-state index contributed by atoms with van der Waals surface area (Å²) in [6.07, 6.45) is -1.33. The van der Waals surface area contributed by atoms with E-state index >= 15 is 0 Å². The van der Waals surface area contributed by atoms with Crippen molar-refractivity contribution in [2.45, 2.75) is 68.4 Å². The number of aliphatic hydroxyl groups excluding tert-OH is 2. The second-order valence-corrected chi connectivity index (χ2v) is 10.1. The first kappa shape index (κ1) is 26.9. The Bertz CT molecular complexity index is 946. The van der Waals surface area contributed by atoms with Crippen molar-refractivity contribution < 1.29 is 29.4 Å². The second kappa shape index (κ2) is 11.4. The quantitative estimate of drug-likeness (QED) is 0.287. The molecule has 0 aliphatic carbocycles. The number of aliphatic hydroxyl groups is 2. The summed E-state index contributed by atoms with van der Waals surface area (Å²) in [4.78, 5) is 54.5. The van der Waals surface area contributed by atoms with Gasteiger partial charge in [0.15, 0.2) is 0 Å². The van der Waals surface area contributed by atoms with Crippen molar-refractivity contribution in [1.29, 1.82) is 0 Å². The summed E-state index contributed by atoms with van der Waals surface area (Å²) in [7, 11) is 0. The maximum absolute atomic E-state index is 13.9. The Morgan fingerprint density at radius 3 is 2.31 bits per heavy atom. The van der Waals surface area contributed by atoms with Crippen molar-refractivity contribution in [3.63, 3.8) is 0 Å². The number of likely N-dealkylation sites (tertiary alicyclic amines) is 1. The first-order valence-electron chi connectivity index (χ1n) is 11.5. The molecule has 2 fully saturated rings. The standard InChI is InChI=1S/C23H33N5O6S/c1-12(29)17(24)22(34)27-10-6-9-15(27)21(33)28-16(20(32)26-18(13(2)30)19(25)31)11-35-23(28)14-7-4-3-5-8-14/h3-5,7-8,12-13,15-18,23,29-30H,6,9-11,24H2,1-2H3,(H2,25,31)(H,26,32)/t12-,13-,15+,16+,17+,18+,23?/m1/s1. The van der Waals surface area contributed by atoms with Crippen molar-refractivity contribution in [3.8, 4) is 0 Å². The molecule has 7 atom stereocenters. The zero-order valence-corrected chi connectivity index (χ0v) is 20.6. The van der Waals surface area contributed by atoms with E-state index < -0.39 is 65.4 Å². The molecule has 2 saturated heterocycles. The third kappa shape index (κ3) is 5.77. The summed E-state index contributed by atoms with van der Waals surface area (Å²) in [5, 5.41) is 21.6. The molecule has 1 aromatic rings. The van der Waals surface area contributed by atoms with E-state index in [2.05, 4.69) is 5.32 Å². The number of carbonyl (C=O) groups excluding carboxylic acids is 4. The molecule has 192 valence electrons. The Kier molecular flexibility index (Phi) is 8.75. The Morgan fingerprint density at radius 1 is 1.09 bits per heavy atom. The molecule has 1 aromatic carbocycles. The van der Waals surface area contributed by atoms with Crippen LogP contribution in [0.15, 0.2) is 30.3 Å². The molecule has 3 rings (SSSR count). The van der Waals surface area contributed by atoms with Crippen LogP contribution in [0.4, 0.5) is 0 Å². The van der Waals surface area contributed by atoms with Gasteiger partial charge in [-0.3, -0.25) is 19.2 Å². The number of nitrogens with one attached hydrogen (secondary N) is 1. The number of nitrogens with two attached hydrogens (primary N) is 2. The van der Waals surface area contributed by atoms with Gasteiger partial charge in [0, 0.05) is 12.3 Å². The van der Waals surface area contributed by atoms with Crippen LogP contribution in [0.2, 0.25) is 0 Å². The monoisotopic (exact) mass is 507 g/mol. The molecular weight excluding hydrogens is 474 g/mol. The number of amides is 4. The van der Waals surface area contributed by atoms with Crippen molar-refractivity contribution in [3.05, 3.63) is 35.9 Å². The van der Waals surface area contributed by atoms with Gasteiger partial charge in [0.05, 0.1) is 12.2 Å². The summed E-state index contributed by atoms with van der Waals surface area (Å²) >= 11 is 1.39. The summed E-state index contributed by atoms with van der Waals surface area (Å²) in [5.74, 6) is -2.21. The van der Waals surface area contributed by atoms with Gasteiger partial charge in [-0.25, -0.2) is 0 Å². The van der Waals surface area contributed by atoms with Crippen LogP contribution in [0.1, 0.15) is 37.6 Å². The highest BCUT2D eigenvalue weighted by Gasteiger charge is 2.48. The SMILES string of the molecule is C[C@@H](O)[C@H](N)C(=O)N1CCC[C@H]1C(=O)N1C(c2ccccc2)SC[C@H]1C(=O)N[C@H](C(N)=O)[C@@H](C)O. The van der Waals surface area contributed by atoms with Gasteiger partial charge < -0.3 is 36.8 Å². The van der Waals surface area contributed by atoms with Crippen LogP contribution in [-0.4, -0.2) is 92.3 Å². The number of hydrogen-bond donors (Lipinski definition) is 5. The van der Waals surface area contributed by atoms with E-state index in [1.165, 1.54) is 35.4 Å². The molecular formula is C23H33N5O6S. The molecule has 1 unspecified atom stereocenters. The van der Waals surface area contributed by atoms with E-state index in [9.17, 15) is 29.4 Å². The largest absolute Gasteiger partial charge is 0.391 e. The van der Waals surface area contributed by atoms with Crippen LogP contribution in [-0.2, 0) is 19.2 Å². The lowest BCUT2D eigenvalue weighted by Gasteiger charge is -2.35. The smallest absolute Gasteiger partial charge is 0.247 e. The van der Waals surface area contributed by atoms with E-state index in [1.54, 1.807) is 0 Å². The van der Waals surface area contributed by atoms with Gasteiger partial charge in [-0.05, 0) is 32.3 Å². The average molecular weight is 508 g/mol. The molecule has 0 aromatic heterocycles. The minimum absolute atomic E-state index is 0.246. The third-order valence-corrected chi connectivity index (χ3v) is 7.68. The third-order valence-electron chi connectivity index (χ3n) is 6.35. The minimum atomic E-state index is -1.31. The highest BCUT2D eigenvalue weighted by atomic mass is 32.2. The van der Waals surface area contributed by atoms with Gasteiger partial charge in [0.25, 0.3) is 0 Å². The van der Waals surface area contributed by atoms with Crippen molar-refractivity contribution in [1.82, 2.24) is 15.1 Å². The lowest BCUT2D eigenvalue weighted by atomic mass is 10.1. The van der Waals surface area contributed by atoms with Gasteiger partial charge in [-0.15, -0.1) is 11.8 Å². The Morgan fingerprint density at radius 2 is 1.74 bits per heavy atom. The number of carbonyl (C=O) groups is 4. The molecule has 0 saturated carbocycles. The normalized spacial score (nSPS) is 25.6. The first-order chi connectivity index (χ1) is 16.5. The van der Waals surface area contributed by atoms with E-state index in [4.69, 9.17) is 11.5 Å². The Labute approximate surface area is 208 Å². The molecule has 12 heteroatoms. The van der Waals surface area contributed by atoms with Gasteiger partial charge in [0.2, 0.25) is 23.6 Å². The Balaban J connectivity index is 1.92. The molecule has 0 bridgehead atoms. The molecule has 35 heavy (non-hydrogen) atoms. The molecule has 2 aliphatic rings. The van der Waals surface area contributed by atoms with E-state index in [1.807, 2.05) is 30.3 Å². The number of rotatable bonds is 8. The van der Waals surface area contributed by atoms with Crippen molar-refractivity contribution in [2.24, 2.45) is 11.5 Å². The van der Waals surface area contributed by atoms with Crippen LogP contribution in [0.3, 0.4) is 0 Å². The van der Waals surface area contributed by atoms with E-state index in [0.29, 0.717) is 19.4 Å². The topological polar surface area (TPSA) is 179 Å². The average Bonchev–Trinajstić information content (AvgIpc) is 3.48. The molecule has 0 spiro atoms. The maximum atomic E-state index is 13.9. The number of nitrogens with zero attached hydrogens (tertiary/aromatic N) is 2. The lowest BCUT2D eigenvalue weighted by molar-refractivity contribution is -0.149. The molecule has 2 heterocycles. The van der Waals surface area contributed by atoms with Gasteiger partial charge >= 0.3 is 0 Å². The fourth-order valence-corrected chi connectivity index (χ4v) is 5.83. The van der Waals surface area contributed by atoms with Crippen LogP contribution >= 0.6 is 11.8 Å². The van der Waals surface area contributed by atoms with Gasteiger partial charge in [-0.2, -0.15) is 0 Å². The van der Waals surface area contributed by atoms with Crippen molar-refractivity contribution >= 4 is 35.4 Å². The molecule has 0 radical (unpaired) electrons. The Hall–Kier alpha value is -2.67. The molecule has 4 amide bonds. The van der Waals surface area contributed by atoms with Crippen LogP contribution in [0, 0.1) is 0 Å². The lowest BCUT2D eigenvalue weighted by Crippen LogP contribution is -2.59. The van der Waals surface area contributed by atoms with E-state index in [0.717, 1.165) is 5.56 Å². The van der Waals surface area contributed by atoms with Crippen LogP contribution < -0.4 is 16.8 Å². The van der Waals surface area contributed by atoms with E-state index in [-0.39, 0.29) is 5.75 Å². The highest BCUT2D eigenvalue weighted by molar-refractivity contribution is 7.99.